The molecule has 0 radical (unpaired) electrons. The summed E-state index contributed by atoms with van der Waals surface area (Å²) in [6, 6.07) is 12.5. The Morgan fingerprint density at radius 1 is 0.963 bits per heavy atom. The highest BCUT2D eigenvalue weighted by atomic mass is 32.1. The van der Waals surface area contributed by atoms with Crippen molar-refractivity contribution in [2.45, 2.75) is 39.0 Å². The summed E-state index contributed by atoms with van der Waals surface area (Å²) in [5, 5.41) is 2.00. The maximum Gasteiger partial charge on any atom is 0.227 e. The molecule has 0 aliphatic carbocycles. The molecule has 0 spiro atoms. The molecule has 0 atom stereocenters. The van der Waals surface area contributed by atoms with E-state index in [1.54, 1.807) is 11.3 Å². The van der Waals surface area contributed by atoms with Gasteiger partial charge in [0, 0.05) is 37.5 Å². The Morgan fingerprint density at radius 2 is 1.59 bits per heavy atom. The maximum absolute atomic E-state index is 12.5. The van der Waals surface area contributed by atoms with Crippen LogP contribution in [0.2, 0.25) is 0 Å². The fraction of sp³-hybridized carbons (Fsp3) is 0.455. The zero-order chi connectivity index (χ0) is 19.2. The van der Waals surface area contributed by atoms with Crippen LogP contribution >= 0.6 is 11.3 Å². The van der Waals surface area contributed by atoms with E-state index in [-0.39, 0.29) is 11.8 Å². The van der Waals surface area contributed by atoms with Gasteiger partial charge in [0.15, 0.2) is 0 Å². The van der Waals surface area contributed by atoms with Crippen LogP contribution in [-0.4, -0.2) is 47.8 Å². The lowest BCUT2D eigenvalue weighted by Crippen LogP contribution is -2.51. The minimum Gasteiger partial charge on any atom is -0.339 e. The standard InChI is InChI=1S/C22H28N2O2S/c1-17(2)19-8-5-18(6-9-19)7-10-21(25)23-11-13-24(14-12-23)22(26)16-20-4-3-15-27-20/h3-6,8-9,15,17H,7,10-14,16H2,1-2H3. The number of hydrogen-bond acceptors (Lipinski definition) is 3. The third-order valence-electron chi connectivity index (χ3n) is 5.16. The molecule has 2 heterocycles. The Bertz CT molecular complexity index is 745. The highest BCUT2D eigenvalue weighted by Gasteiger charge is 2.24. The average molecular weight is 385 g/mol. The van der Waals surface area contributed by atoms with Gasteiger partial charge in [0.2, 0.25) is 11.8 Å². The van der Waals surface area contributed by atoms with Crippen LogP contribution in [0.4, 0.5) is 0 Å². The fourth-order valence-electron chi connectivity index (χ4n) is 3.36. The molecule has 144 valence electrons. The van der Waals surface area contributed by atoms with Crippen LogP contribution in [0.15, 0.2) is 41.8 Å². The van der Waals surface area contributed by atoms with E-state index >= 15 is 0 Å². The van der Waals surface area contributed by atoms with E-state index in [9.17, 15) is 9.59 Å². The predicted molar refractivity (Wildman–Crippen MR) is 110 cm³/mol. The summed E-state index contributed by atoms with van der Waals surface area (Å²) in [5.74, 6) is 0.877. The molecule has 3 rings (SSSR count). The normalized spacial score (nSPS) is 14.6. The molecule has 1 saturated heterocycles. The summed E-state index contributed by atoms with van der Waals surface area (Å²) in [7, 11) is 0. The zero-order valence-corrected chi connectivity index (χ0v) is 17.0. The molecule has 1 aliphatic heterocycles. The first kappa shape index (κ1) is 19.6. The van der Waals surface area contributed by atoms with Crippen molar-refractivity contribution in [3.05, 3.63) is 57.8 Å². The number of rotatable bonds is 6. The Hall–Kier alpha value is -2.14. The summed E-state index contributed by atoms with van der Waals surface area (Å²) in [5.41, 5.74) is 2.53. The summed E-state index contributed by atoms with van der Waals surface area (Å²) >= 11 is 1.62. The maximum atomic E-state index is 12.5. The van der Waals surface area contributed by atoms with Crippen LogP contribution in [0.5, 0.6) is 0 Å². The fourth-order valence-corrected chi connectivity index (χ4v) is 4.05. The molecular formula is C22H28N2O2S. The monoisotopic (exact) mass is 384 g/mol. The minimum absolute atomic E-state index is 0.162. The first-order chi connectivity index (χ1) is 13.0. The van der Waals surface area contributed by atoms with Crippen LogP contribution in [0, 0.1) is 0 Å². The topological polar surface area (TPSA) is 40.6 Å². The summed E-state index contributed by atoms with van der Waals surface area (Å²) in [4.78, 5) is 29.7. The summed E-state index contributed by atoms with van der Waals surface area (Å²) < 4.78 is 0. The van der Waals surface area contributed by atoms with Crippen molar-refractivity contribution in [3.63, 3.8) is 0 Å². The van der Waals surface area contributed by atoms with Crippen LogP contribution in [-0.2, 0) is 22.4 Å². The van der Waals surface area contributed by atoms with E-state index in [0.717, 1.165) is 11.3 Å². The lowest BCUT2D eigenvalue weighted by atomic mass is 10.00. The van der Waals surface area contributed by atoms with Crippen LogP contribution < -0.4 is 0 Å². The number of benzene rings is 1. The molecule has 2 amide bonds. The van der Waals surface area contributed by atoms with Crippen LogP contribution in [0.1, 0.15) is 42.2 Å². The van der Waals surface area contributed by atoms with Gasteiger partial charge in [-0.1, -0.05) is 44.2 Å². The van der Waals surface area contributed by atoms with Crippen LogP contribution in [0.3, 0.4) is 0 Å². The van der Waals surface area contributed by atoms with E-state index < -0.39 is 0 Å². The second-order valence-electron chi connectivity index (χ2n) is 7.41. The van der Waals surface area contributed by atoms with Gasteiger partial charge in [-0.05, 0) is 34.9 Å². The second-order valence-corrected chi connectivity index (χ2v) is 8.45. The number of piperazine rings is 1. The molecule has 27 heavy (non-hydrogen) atoms. The van der Waals surface area contributed by atoms with Crippen LogP contribution in [0.25, 0.3) is 0 Å². The molecule has 0 unspecified atom stereocenters. The molecule has 1 aliphatic rings. The minimum atomic E-state index is 0.162. The largest absolute Gasteiger partial charge is 0.339 e. The van der Waals surface area contributed by atoms with E-state index in [0.29, 0.717) is 44.9 Å². The Labute approximate surface area is 165 Å². The van der Waals surface area contributed by atoms with E-state index in [1.807, 2.05) is 27.3 Å². The van der Waals surface area contributed by atoms with Gasteiger partial charge in [-0.3, -0.25) is 9.59 Å². The highest BCUT2D eigenvalue weighted by Crippen LogP contribution is 2.16. The molecule has 0 N–H and O–H groups in total. The number of amides is 2. The number of carbonyl (C=O) groups excluding carboxylic acids is 2. The summed E-state index contributed by atoms with van der Waals surface area (Å²) in [6.45, 7) is 6.92. The van der Waals surface area contributed by atoms with Crippen molar-refractivity contribution in [3.8, 4) is 0 Å². The van der Waals surface area contributed by atoms with Gasteiger partial charge in [-0.25, -0.2) is 0 Å². The summed E-state index contributed by atoms with van der Waals surface area (Å²) in [6.07, 6.45) is 1.77. The van der Waals surface area contributed by atoms with Gasteiger partial charge in [0.25, 0.3) is 0 Å². The Balaban J connectivity index is 1.42. The number of hydrogen-bond donors (Lipinski definition) is 0. The Kier molecular flexibility index (Phi) is 6.67. The third-order valence-corrected chi connectivity index (χ3v) is 6.04. The lowest BCUT2D eigenvalue weighted by molar-refractivity contribution is -0.139. The van der Waals surface area contributed by atoms with Gasteiger partial charge >= 0.3 is 0 Å². The Morgan fingerprint density at radius 3 is 2.15 bits per heavy atom. The van der Waals surface area contributed by atoms with Crippen molar-refractivity contribution in [1.82, 2.24) is 9.80 Å². The van der Waals surface area contributed by atoms with Crippen molar-refractivity contribution >= 4 is 23.2 Å². The van der Waals surface area contributed by atoms with E-state index in [4.69, 9.17) is 0 Å². The number of thiophene rings is 1. The van der Waals surface area contributed by atoms with Gasteiger partial charge in [-0.15, -0.1) is 11.3 Å². The molecule has 2 aromatic rings. The molecule has 4 nitrogen and oxygen atoms in total. The number of carbonyl (C=O) groups is 2. The zero-order valence-electron chi connectivity index (χ0n) is 16.2. The molecule has 1 aromatic carbocycles. The van der Waals surface area contributed by atoms with Crippen molar-refractivity contribution in [1.29, 1.82) is 0 Å². The van der Waals surface area contributed by atoms with Gasteiger partial charge in [0.05, 0.1) is 6.42 Å². The first-order valence-electron chi connectivity index (χ1n) is 9.69. The predicted octanol–water partition coefficient (Wildman–Crippen LogP) is 3.72. The van der Waals surface area contributed by atoms with E-state index in [2.05, 4.69) is 38.1 Å². The van der Waals surface area contributed by atoms with Gasteiger partial charge in [-0.2, -0.15) is 0 Å². The molecule has 0 saturated carbocycles. The van der Waals surface area contributed by atoms with Gasteiger partial charge in [0.1, 0.15) is 0 Å². The highest BCUT2D eigenvalue weighted by molar-refractivity contribution is 7.10. The van der Waals surface area contributed by atoms with Gasteiger partial charge < -0.3 is 9.80 Å². The van der Waals surface area contributed by atoms with Crippen molar-refractivity contribution < 1.29 is 9.59 Å². The SMILES string of the molecule is CC(C)c1ccc(CCC(=O)N2CCN(C(=O)Cc3cccs3)CC2)cc1. The van der Waals surface area contributed by atoms with Crippen molar-refractivity contribution in [2.24, 2.45) is 0 Å². The molecule has 5 heteroatoms. The third kappa shape index (κ3) is 5.42. The average Bonchev–Trinajstić information content (AvgIpc) is 3.19. The number of aryl methyl sites for hydroxylation is 1. The second kappa shape index (κ2) is 9.18. The van der Waals surface area contributed by atoms with Crippen molar-refractivity contribution in [2.75, 3.05) is 26.2 Å². The molecule has 0 bridgehead atoms. The molecule has 1 fully saturated rings. The first-order valence-corrected chi connectivity index (χ1v) is 10.6. The van der Waals surface area contributed by atoms with E-state index in [1.165, 1.54) is 11.1 Å². The number of nitrogens with zero attached hydrogens (tertiary/aromatic N) is 2. The lowest BCUT2D eigenvalue weighted by Gasteiger charge is -2.35. The quantitative estimate of drug-likeness (QED) is 0.762. The molecular weight excluding hydrogens is 356 g/mol. The smallest absolute Gasteiger partial charge is 0.227 e. The molecule has 1 aromatic heterocycles.